The van der Waals surface area contributed by atoms with Gasteiger partial charge in [-0.15, -0.1) is 0 Å². The van der Waals surface area contributed by atoms with Crippen LogP contribution in [0.15, 0.2) is 12.1 Å². The van der Waals surface area contributed by atoms with E-state index in [1.165, 1.54) is 0 Å². The van der Waals surface area contributed by atoms with Gasteiger partial charge in [0.15, 0.2) is 11.5 Å². The highest BCUT2D eigenvalue weighted by Gasteiger charge is 2.21. The summed E-state index contributed by atoms with van der Waals surface area (Å²) in [5.74, 6) is 2.87. The number of ether oxygens (including phenoxy) is 3. The predicted molar refractivity (Wildman–Crippen MR) is 94.4 cm³/mol. The molecule has 1 rings (SSSR count). The maximum Gasteiger partial charge on any atom is 0.203 e. The minimum absolute atomic E-state index is 0.298. The van der Waals surface area contributed by atoms with Crippen molar-refractivity contribution in [3.05, 3.63) is 17.7 Å². The minimum atomic E-state index is 0.298. The van der Waals surface area contributed by atoms with Gasteiger partial charge in [0.2, 0.25) is 5.75 Å². The Bertz CT molecular complexity index is 462. The zero-order valence-electron chi connectivity index (χ0n) is 14.9. The number of benzene rings is 1. The average Bonchev–Trinajstić information content (AvgIpc) is 2.54. The third-order valence-corrected chi connectivity index (χ3v) is 3.99. The Morgan fingerprint density at radius 2 is 1.43 bits per heavy atom. The predicted octanol–water partition coefficient (Wildman–Crippen LogP) is 2.59. The van der Waals surface area contributed by atoms with Gasteiger partial charge >= 0.3 is 0 Å². The smallest absolute Gasteiger partial charge is 0.203 e. The van der Waals surface area contributed by atoms with Crippen LogP contribution in [0.1, 0.15) is 33.3 Å². The summed E-state index contributed by atoms with van der Waals surface area (Å²) in [4.78, 5) is 0. The van der Waals surface area contributed by atoms with Crippen LogP contribution in [0.2, 0.25) is 0 Å². The maximum atomic E-state index is 5.89. The van der Waals surface area contributed by atoms with Crippen molar-refractivity contribution in [2.45, 2.75) is 34.1 Å². The van der Waals surface area contributed by atoms with Crippen LogP contribution in [0.4, 0.5) is 0 Å². The molecule has 0 fully saturated rings. The molecule has 1 atom stereocenters. The molecule has 0 aromatic heterocycles. The van der Waals surface area contributed by atoms with Crippen LogP contribution in [0.3, 0.4) is 0 Å². The Morgan fingerprint density at radius 3 is 1.96 bits per heavy atom. The molecule has 0 saturated carbocycles. The molecule has 0 amide bonds. The Labute approximate surface area is 140 Å². The Balaban J connectivity index is 3.17. The Hall–Kier alpha value is -1.46. The van der Waals surface area contributed by atoms with Gasteiger partial charge in [-0.05, 0) is 63.7 Å². The molecule has 0 aliphatic heterocycles. The van der Waals surface area contributed by atoms with E-state index in [0.717, 1.165) is 23.5 Å². The summed E-state index contributed by atoms with van der Waals surface area (Å²) >= 11 is 0. The van der Waals surface area contributed by atoms with E-state index in [1.807, 2.05) is 26.8 Å². The number of hydrogen-bond donors (Lipinski definition) is 2. The van der Waals surface area contributed by atoms with Crippen molar-refractivity contribution < 1.29 is 14.2 Å². The monoisotopic (exact) mass is 324 g/mol. The second kappa shape index (κ2) is 10.3. The molecule has 1 unspecified atom stereocenters. The first kappa shape index (κ1) is 19.6. The van der Waals surface area contributed by atoms with Crippen molar-refractivity contribution >= 4 is 0 Å². The van der Waals surface area contributed by atoms with Gasteiger partial charge in [0, 0.05) is 0 Å². The van der Waals surface area contributed by atoms with Gasteiger partial charge in [-0.2, -0.15) is 0 Å². The fourth-order valence-corrected chi connectivity index (χ4v) is 2.67. The zero-order valence-corrected chi connectivity index (χ0v) is 14.9. The van der Waals surface area contributed by atoms with E-state index in [9.17, 15) is 0 Å². The standard InChI is InChI=1S/C18H32N2O3/c1-5-21-16-9-8-14(10-13(4)15(11-19)12-20)17(22-6-2)18(16)23-7-3/h8-9,13,15H,5-7,10-12,19-20H2,1-4H3. The van der Waals surface area contributed by atoms with E-state index in [1.54, 1.807) is 0 Å². The summed E-state index contributed by atoms with van der Waals surface area (Å²) in [6.07, 6.45) is 0.848. The molecular formula is C18H32N2O3. The minimum Gasteiger partial charge on any atom is -0.490 e. The van der Waals surface area contributed by atoms with Crippen molar-refractivity contribution in [3.8, 4) is 17.2 Å². The highest BCUT2D eigenvalue weighted by atomic mass is 16.5. The van der Waals surface area contributed by atoms with E-state index >= 15 is 0 Å². The van der Waals surface area contributed by atoms with Gasteiger partial charge in [0.1, 0.15) is 0 Å². The Morgan fingerprint density at radius 1 is 0.870 bits per heavy atom. The highest BCUT2D eigenvalue weighted by molar-refractivity contribution is 5.56. The normalized spacial score (nSPS) is 12.3. The molecule has 0 saturated heterocycles. The van der Waals surface area contributed by atoms with E-state index in [2.05, 4.69) is 13.0 Å². The first-order chi connectivity index (χ1) is 11.1. The van der Waals surface area contributed by atoms with E-state index < -0.39 is 0 Å². The molecule has 1 aromatic rings. The van der Waals surface area contributed by atoms with Crippen LogP contribution < -0.4 is 25.7 Å². The van der Waals surface area contributed by atoms with Crippen LogP contribution in [0.5, 0.6) is 17.2 Å². The van der Waals surface area contributed by atoms with Crippen LogP contribution in [-0.4, -0.2) is 32.9 Å². The van der Waals surface area contributed by atoms with E-state index in [4.69, 9.17) is 25.7 Å². The lowest BCUT2D eigenvalue weighted by molar-refractivity contribution is 0.257. The summed E-state index contributed by atoms with van der Waals surface area (Å²) in [5.41, 5.74) is 12.7. The summed E-state index contributed by atoms with van der Waals surface area (Å²) in [7, 11) is 0. The van der Waals surface area contributed by atoms with Gasteiger partial charge in [0.25, 0.3) is 0 Å². The molecular weight excluding hydrogens is 292 g/mol. The topological polar surface area (TPSA) is 79.7 Å². The van der Waals surface area contributed by atoms with Gasteiger partial charge in [-0.3, -0.25) is 0 Å². The molecule has 23 heavy (non-hydrogen) atoms. The first-order valence-corrected chi connectivity index (χ1v) is 8.57. The van der Waals surface area contributed by atoms with Crippen LogP contribution in [0.25, 0.3) is 0 Å². The van der Waals surface area contributed by atoms with Crippen molar-refractivity contribution in [2.75, 3.05) is 32.9 Å². The fourth-order valence-electron chi connectivity index (χ4n) is 2.67. The van der Waals surface area contributed by atoms with E-state index in [-0.39, 0.29) is 0 Å². The Kier molecular flexibility index (Phi) is 8.81. The van der Waals surface area contributed by atoms with Crippen LogP contribution >= 0.6 is 0 Å². The quantitative estimate of drug-likeness (QED) is 0.654. The second-order valence-corrected chi connectivity index (χ2v) is 5.59. The number of rotatable bonds is 11. The molecule has 0 heterocycles. The summed E-state index contributed by atoms with van der Waals surface area (Å²) in [6.45, 7) is 11.0. The van der Waals surface area contributed by atoms with Gasteiger partial charge in [-0.25, -0.2) is 0 Å². The first-order valence-electron chi connectivity index (χ1n) is 8.57. The van der Waals surface area contributed by atoms with E-state index in [0.29, 0.717) is 50.5 Å². The average molecular weight is 324 g/mol. The van der Waals surface area contributed by atoms with Crippen LogP contribution in [-0.2, 0) is 6.42 Å². The largest absolute Gasteiger partial charge is 0.490 e. The molecule has 0 radical (unpaired) electrons. The lowest BCUT2D eigenvalue weighted by Gasteiger charge is -2.24. The number of nitrogens with two attached hydrogens (primary N) is 2. The third kappa shape index (κ3) is 5.29. The second-order valence-electron chi connectivity index (χ2n) is 5.59. The van der Waals surface area contributed by atoms with Crippen molar-refractivity contribution in [3.63, 3.8) is 0 Å². The molecule has 132 valence electrons. The fraction of sp³-hybridized carbons (Fsp3) is 0.667. The van der Waals surface area contributed by atoms with Gasteiger partial charge in [-0.1, -0.05) is 13.0 Å². The zero-order chi connectivity index (χ0) is 17.2. The summed E-state index contributed by atoms with van der Waals surface area (Å²) in [6, 6.07) is 4.01. The summed E-state index contributed by atoms with van der Waals surface area (Å²) < 4.78 is 17.4. The molecule has 0 spiro atoms. The van der Waals surface area contributed by atoms with Crippen molar-refractivity contribution in [2.24, 2.45) is 23.3 Å². The van der Waals surface area contributed by atoms with Crippen molar-refractivity contribution in [1.82, 2.24) is 0 Å². The highest BCUT2D eigenvalue weighted by Crippen LogP contribution is 2.41. The molecule has 0 aliphatic rings. The van der Waals surface area contributed by atoms with Crippen molar-refractivity contribution in [1.29, 1.82) is 0 Å². The lowest BCUT2D eigenvalue weighted by Crippen LogP contribution is -2.30. The molecule has 5 nitrogen and oxygen atoms in total. The molecule has 0 bridgehead atoms. The molecule has 0 aliphatic carbocycles. The van der Waals surface area contributed by atoms with Crippen LogP contribution in [0, 0.1) is 11.8 Å². The maximum absolute atomic E-state index is 5.89. The third-order valence-electron chi connectivity index (χ3n) is 3.99. The van der Waals surface area contributed by atoms with Gasteiger partial charge in [0.05, 0.1) is 19.8 Å². The molecule has 5 heteroatoms. The SMILES string of the molecule is CCOc1ccc(CC(C)C(CN)CN)c(OCC)c1OCC. The lowest BCUT2D eigenvalue weighted by atomic mass is 9.88. The number of hydrogen-bond acceptors (Lipinski definition) is 5. The van der Waals surface area contributed by atoms with Gasteiger partial charge < -0.3 is 25.7 Å². The molecule has 4 N–H and O–H groups in total. The molecule has 1 aromatic carbocycles. The summed E-state index contributed by atoms with van der Waals surface area (Å²) in [5, 5.41) is 0.